The summed E-state index contributed by atoms with van der Waals surface area (Å²) < 4.78 is 21.3. The predicted molar refractivity (Wildman–Crippen MR) is 126 cm³/mol. The molecule has 10 heteroatoms. The molecule has 34 heavy (non-hydrogen) atoms. The minimum absolute atomic E-state index is 0.0391. The highest BCUT2D eigenvalue weighted by molar-refractivity contribution is 6.31. The van der Waals surface area contributed by atoms with E-state index in [2.05, 4.69) is 16.9 Å². The Kier molecular flexibility index (Phi) is 7.56. The highest BCUT2D eigenvalue weighted by Gasteiger charge is 2.38. The fourth-order valence-corrected chi connectivity index (χ4v) is 4.47. The quantitative estimate of drug-likeness (QED) is 0.652. The fourth-order valence-electron chi connectivity index (χ4n) is 4.24. The largest absolute Gasteiger partial charge is 0.481 e. The number of nitrogens with one attached hydrogen (secondary N) is 1. The number of pyridine rings is 1. The third-order valence-electron chi connectivity index (χ3n) is 5.74. The van der Waals surface area contributed by atoms with E-state index in [0.717, 1.165) is 0 Å². The molecule has 1 fully saturated rings. The summed E-state index contributed by atoms with van der Waals surface area (Å²) in [5.41, 5.74) is 0.626. The van der Waals surface area contributed by atoms with E-state index in [1.165, 1.54) is 56.3 Å². The minimum atomic E-state index is -0.773. The van der Waals surface area contributed by atoms with Crippen LogP contribution >= 0.6 is 11.6 Å². The van der Waals surface area contributed by atoms with Crippen LogP contribution in [0, 0.1) is 5.82 Å². The number of carbonyl (C=O) groups is 3. The smallest absolute Gasteiger partial charge is 0.269 e. The number of piperazine rings is 1. The molecule has 1 aromatic heterocycles. The summed E-state index contributed by atoms with van der Waals surface area (Å²) in [4.78, 5) is 44.2. The van der Waals surface area contributed by atoms with E-state index in [9.17, 15) is 14.4 Å². The third-order valence-corrected chi connectivity index (χ3v) is 5.96. The van der Waals surface area contributed by atoms with Crippen LogP contribution in [0.2, 0.25) is 5.02 Å². The molecule has 0 saturated carbocycles. The normalized spacial score (nSPS) is 17.8. The van der Waals surface area contributed by atoms with Crippen LogP contribution in [0.4, 0.5) is 4.39 Å². The number of benzene rings is 1. The molecular weight excluding hydrogens is 463 g/mol. The monoisotopic (exact) mass is 488 g/mol. The molecule has 1 N–H and O–H groups in total. The molecule has 0 unspecified atom stereocenters. The number of nitrogens with zero attached hydrogens (tertiary/aromatic N) is 3. The number of hydrogen-bond donors (Lipinski definition) is 1. The lowest BCUT2D eigenvalue weighted by Crippen LogP contribution is -2.56. The zero-order valence-corrected chi connectivity index (χ0v) is 20.1. The molecule has 1 saturated heterocycles. The molecule has 3 amide bonds. The van der Waals surface area contributed by atoms with Gasteiger partial charge in [-0.15, -0.1) is 0 Å². The first kappa shape index (κ1) is 25.2. The Morgan fingerprint density at radius 1 is 1.26 bits per heavy atom. The Bertz CT molecular complexity index is 1160. The van der Waals surface area contributed by atoms with Gasteiger partial charge >= 0.3 is 0 Å². The molecule has 1 aliphatic heterocycles. The van der Waals surface area contributed by atoms with Crippen LogP contribution in [0.3, 0.4) is 0 Å². The van der Waals surface area contributed by atoms with Crippen LogP contribution < -0.4 is 10.1 Å². The van der Waals surface area contributed by atoms with E-state index < -0.39 is 17.8 Å². The number of ether oxygens (including phenoxy) is 1. The number of hydrogen-bond acceptors (Lipinski definition) is 5. The van der Waals surface area contributed by atoms with Crippen molar-refractivity contribution >= 4 is 29.3 Å². The molecule has 8 nitrogen and oxygen atoms in total. The lowest BCUT2D eigenvalue weighted by molar-refractivity contribution is -0.143. The number of carbonyl (C=O) groups excluding carboxylic acids is 3. The molecule has 0 radical (unpaired) electrons. The van der Waals surface area contributed by atoms with Gasteiger partial charge in [0.15, 0.2) is 0 Å². The van der Waals surface area contributed by atoms with E-state index >= 15 is 4.39 Å². The fraction of sp³-hybridized carbons (Fsp3) is 0.333. The minimum Gasteiger partial charge on any atom is -0.481 e. The maximum Gasteiger partial charge on any atom is 0.269 e. The summed E-state index contributed by atoms with van der Waals surface area (Å²) in [7, 11) is 2.84. The van der Waals surface area contributed by atoms with Crippen LogP contribution in [0.5, 0.6) is 5.88 Å². The molecule has 2 atom stereocenters. The van der Waals surface area contributed by atoms with Crippen LogP contribution in [0.15, 0.2) is 36.9 Å². The Balaban J connectivity index is 2.19. The van der Waals surface area contributed by atoms with Gasteiger partial charge in [0, 0.05) is 55.3 Å². The second-order valence-electron chi connectivity index (χ2n) is 7.96. The van der Waals surface area contributed by atoms with E-state index in [-0.39, 0.29) is 52.1 Å². The lowest BCUT2D eigenvalue weighted by atomic mass is 9.94. The average molecular weight is 489 g/mol. The molecule has 180 valence electrons. The first-order valence-corrected chi connectivity index (χ1v) is 11.0. The van der Waals surface area contributed by atoms with E-state index in [4.69, 9.17) is 16.3 Å². The van der Waals surface area contributed by atoms with Gasteiger partial charge in [0.1, 0.15) is 11.5 Å². The zero-order valence-electron chi connectivity index (χ0n) is 19.4. The Morgan fingerprint density at radius 3 is 2.56 bits per heavy atom. The van der Waals surface area contributed by atoms with Crippen LogP contribution in [-0.2, 0) is 9.59 Å². The number of methoxy groups -OCH3 is 1. The summed E-state index contributed by atoms with van der Waals surface area (Å²) in [6.45, 7) is 7.10. The van der Waals surface area contributed by atoms with Gasteiger partial charge < -0.3 is 19.9 Å². The van der Waals surface area contributed by atoms with E-state index in [1.54, 1.807) is 11.8 Å². The van der Waals surface area contributed by atoms with Crippen molar-refractivity contribution < 1.29 is 23.5 Å². The number of aromatic nitrogens is 1. The Labute approximate surface area is 202 Å². The summed E-state index contributed by atoms with van der Waals surface area (Å²) >= 11 is 6.39. The van der Waals surface area contributed by atoms with Crippen LogP contribution in [-0.4, -0.2) is 65.8 Å². The van der Waals surface area contributed by atoms with Crippen LogP contribution in [0.1, 0.15) is 35.9 Å². The molecule has 0 aliphatic carbocycles. The van der Waals surface area contributed by atoms with Crippen molar-refractivity contribution in [3.8, 4) is 17.0 Å². The number of amides is 3. The highest BCUT2D eigenvalue weighted by Crippen LogP contribution is 2.37. The van der Waals surface area contributed by atoms with E-state index in [1.807, 2.05) is 0 Å². The molecule has 0 bridgehead atoms. The summed E-state index contributed by atoms with van der Waals surface area (Å²) in [5, 5.41) is 2.71. The van der Waals surface area contributed by atoms with Gasteiger partial charge in [-0.2, -0.15) is 0 Å². The molecular formula is C24H26ClFN4O4. The molecule has 1 aliphatic rings. The lowest BCUT2D eigenvalue weighted by Gasteiger charge is -2.45. The number of halogens is 2. The predicted octanol–water partition coefficient (Wildman–Crippen LogP) is 3.22. The van der Waals surface area contributed by atoms with Gasteiger partial charge in [-0.25, -0.2) is 9.37 Å². The molecule has 0 spiro atoms. The standard InChI is InChI=1S/C24H26ClFN4O4/c1-6-22(32)29-11-13(2)30(14(3)31)20(12-29)18-10-16(25)9-17(23(18)26)15-7-19(24(33)27-4)28-21(8-15)34-5/h6-10,13,20H,1,11-12H2,2-5H3,(H,27,33)/t13-,20+/m0/s1. The van der Waals surface area contributed by atoms with Crippen LogP contribution in [0.25, 0.3) is 11.1 Å². The first-order chi connectivity index (χ1) is 16.1. The zero-order chi connectivity index (χ0) is 25.2. The SMILES string of the molecule is C=CC(=O)N1C[C@H](c2cc(Cl)cc(-c3cc(OC)nc(C(=O)NC)c3)c2F)N(C(C)=O)[C@@H](C)C1. The molecule has 1 aromatic carbocycles. The Hall–Kier alpha value is -3.46. The maximum atomic E-state index is 16.1. The van der Waals surface area contributed by atoms with Gasteiger partial charge in [0.2, 0.25) is 17.7 Å². The molecule has 3 rings (SSSR count). The topological polar surface area (TPSA) is 91.8 Å². The van der Waals surface area contributed by atoms with Gasteiger partial charge in [0.05, 0.1) is 13.2 Å². The Morgan fingerprint density at radius 2 is 1.97 bits per heavy atom. The summed E-state index contributed by atoms with van der Waals surface area (Å²) in [6, 6.07) is 4.67. The first-order valence-electron chi connectivity index (χ1n) is 10.6. The maximum absolute atomic E-state index is 16.1. The molecule has 2 aromatic rings. The number of rotatable bonds is 5. The summed E-state index contributed by atoms with van der Waals surface area (Å²) in [6.07, 6.45) is 1.19. The highest BCUT2D eigenvalue weighted by atomic mass is 35.5. The van der Waals surface area contributed by atoms with Gasteiger partial charge in [-0.1, -0.05) is 18.2 Å². The molecule has 2 heterocycles. The van der Waals surface area contributed by atoms with Crippen molar-refractivity contribution in [2.24, 2.45) is 0 Å². The average Bonchev–Trinajstić information content (AvgIpc) is 2.82. The third kappa shape index (κ3) is 4.89. The van der Waals surface area contributed by atoms with Crippen molar-refractivity contribution in [1.29, 1.82) is 0 Å². The summed E-state index contributed by atoms with van der Waals surface area (Å²) in [5.74, 6) is -1.54. The second-order valence-corrected chi connectivity index (χ2v) is 8.39. The van der Waals surface area contributed by atoms with E-state index in [0.29, 0.717) is 12.1 Å². The second kappa shape index (κ2) is 10.2. The van der Waals surface area contributed by atoms with Gasteiger partial charge in [0.25, 0.3) is 5.91 Å². The van der Waals surface area contributed by atoms with Gasteiger partial charge in [-0.3, -0.25) is 14.4 Å². The van der Waals surface area contributed by atoms with Crippen molar-refractivity contribution in [2.45, 2.75) is 25.9 Å². The van der Waals surface area contributed by atoms with Crippen molar-refractivity contribution in [3.05, 3.63) is 59.0 Å². The van der Waals surface area contributed by atoms with Crippen molar-refractivity contribution in [2.75, 3.05) is 27.2 Å². The van der Waals surface area contributed by atoms with Crippen molar-refractivity contribution in [1.82, 2.24) is 20.1 Å². The van der Waals surface area contributed by atoms with Crippen molar-refractivity contribution in [3.63, 3.8) is 0 Å². The van der Waals surface area contributed by atoms with Gasteiger partial charge in [-0.05, 0) is 36.8 Å².